The fourth-order valence-corrected chi connectivity index (χ4v) is 2.28. The Bertz CT molecular complexity index is 851. The van der Waals surface area contributed by atoms with Gasteiger partial charge in [0.25, 0.3) is 5.91 Å². The highest BCUT2D eigenvalue weighted by molar-refractivity contribution is 6.03. The second-order valence-corrected chi connectivity index (χ2v) is 5.32. The molecule has 0 bridgehead atoms. The van der Waals surface area contributed by atoms with Crippen LogP contribution in [-0.4, -0.2) is 25.0 Å². The van der Waals surface area contributed by atoms with Crippen molar-refractivity contribution in [3.63, 3.8) is 0 Å². The van der Waals surface area contributed by atoms with Crippen molar-refractivity contribution in [2.24, 2.45) is 0 Å². The fraction of sp³-hybridized carbons (Fsp3) is 0.111. The van der Waals surface area contributed by atoms with Crippen molar-refractivity contribution in [3.05, 3.63) is 54.1 Å². The van der Waals surface area contributed by atoms with Gasteiger partial charge in [-0.25, -0.2) is 0 Å². The molecule has 0 spiro atoms. The summed E-state index contributed by atoms with van der Waals surface area (Å²) in [7, 11) is 0. The molecule has 134 valence electrons. The first-order valence-electron chi connectivity index (χ1n) is 7.60. The molecule has 2 aromatic carbocycles. The molecule has 1 aliphatic rings. The van der Waals surface area contributed by atoms with Crippen molar-refractivity contribution in [1.82, 2.24) is 0 Å². The van der Waals surface area contributed by atoms with Gasteiger partial charge in [-0.1, -0.05) is 12.1 Å². The average Bonchev–Trinajstić information content (AvgIpc) is 2.60. The quantitative estimate of drug-likeness (QED) is 0.803. The Morgan fingerprint density at radius 1 is 1.23 bits per heavy atom. The first kappa shape index (κ1) is 17.4. The summed E-state index contributed by atoms with van der Waals surface area (Å²) in [6.45, 7) is -2.92. The molecule has 0 saturated heterocycles. The zero-order chi connectivity index (χ0) is 18.5. The average molecular weight is 360 g/mol. The van der Waals surface area contributed by atoms with Gasteiger partial charge in [0.2, 0.25) is 5.91 Å². The van der Waals surface area contributed by atoms with E-state index in [1.807, 2.05) is 0 Å². The number of nitrogens with one attached hydrogen (secondary N) is 2. The van der Waals surface area contributed by atoms with E-state index in [0.717, 1.165) is 0 Å². The van der Waals surface area contributed by atoms with E-state index in [1.165, 1.54) is 24.3 Å². The SMILES string of the molecule is O=C(/C=C/c1ccc(OC(F)F)cc1)Nc1ccc2c(c1)NC(=O)CO2. The van der Waals surface area contributed by atoms with Crippen LogP contribution >= 0.6 is 0 Å². The maximum absolute atomic E-state index is 12.1. The highest BCUT2D eigenvalue weighted by Crippen LogP contribution is 2.30. The molecule has 2 aromatic rings. The minimum Gasteiger partial charge on any atom is -0.482 e. The zero-order valence-corrected chi connectivity index (χ0v) is 13.4. The molecule has 0 atom stereocenters. The van der Waals surface area contributed by atoms with Gasteiger partial charge in [0.1, 0.15) is 11.5 Å². The topological polar surface area (TPSA) is 76.7 Å². The van der Waals surface area contributed by atoms with Gasteiger partial charge in [-0.05, 0) is 42.0 Å². The number of benzene rings is 2. The summed E-state index contributed by atoms with van der Waals surface area (Å²) in [6, 6.07) is 10.8. The third kappa shape index (κ3) is 4.56. The molecule has 3 rings (SSSR count). The lowest BCUT2D eigenvalue weighted by Gasteiger charge is -2.18. The van der Waals surface area contributed by atoms with Crippen molar-refractivity contribution in [2.45, 2.75) is 6.61 Å². The van der Waals surface area contributed by atoms with E-state index in [1.54, 1.807) is 30.3 Å². The molecule has 0 unspecified atom stereocenters. The molecular formula is C18H14F2N2O4. The van der Waals surface area contributed by atoms with Crippen LogP contribution in [0.3, 0.4) is 0 Å². The maximum Gasteiger partial charge on any atom is 0.387 e. The Morgan fingerprint density at radius 2 is 2.00 bits per heavy atom. The molecule has 1 heterocycles. The van der Waals surface area contributed by atoms with E-state index in [2.05, 4.69) is 15.4 Å². The summed E-state index contributed by atoms with van der Waals surface area (Å²) in [5.74, 6) is -0.0785. The van der Waals surface area contributed by atoms with E-state index < -0.39 is 6.61 Å². The fourth-order valence-electron chi connectivity index (χ4n) is 2.28. The van der Waals surface area contributed by atoms with E-state index in [-0.39, 0.29) is 24.2 Å². The Labute approximate surface area is 147 Å². The summed E-state index contributed by atoms with van der Waals surface area (Å²) >= 11 is 0. The minimum atomic E-state index is -2.88. The van der Waals surface area contributed by atoms with Crippen molar-refractivity contribution < 1.29 is 27.8 Å². The van der Waals surface area contributed by atoms with Crippen LogP contribution < -0.4 is 20.1 Å². The zero-order valence-electron chi connectivity index (χ0n) is 13.4. The minimum absolute atomic E-state index is 0.0391. The third-order valence-corrected chi connectivity index (χ3v) is 3.41. The van der Waals surface area contributed by atoms with Gasteiger partial charge < -0.3 is 20.1 Å². The first-order valence-corrected chi connectivity index (χ1v) is 7.60. The van der Waals surface area contributed by atoms with Crippen LogP contribution in [0.2, 0.25) is 0 Å². The van der Waals surface area contributed by atoms with Crippen LogP contribution in [0.5, 0.6) is 11.5 Å². The van der Waals surface area contributed by atoms with Crippen molar-refractivity contribution in [1.29, 1.82) is 0 Å². The van der Waals surface area contributed by atoms with Crippen LogP contribution in [0.1, 0.15) is 5.56 Å². The number of halogens is 2. The van der Waals surface area contributed by atoms with Crippen molar-refractivity contribution in [2.75, 3.05) is 17.2 Å². The largest absolute Gasteiger partial charge is 0.482 e. The Balaban J connectivity index is 1.61. The molecule has 0 aliphatic carbocycles. The Morgan fingerprint density at radius 3 is 2.73 bits per heavy atom. The number of carbonyl (C=O) groups is 2. The van der Waals surface area contributed by atoms with Gasteiger partial charge in [-0.2, -0.15) is 8.78 Å². The van der Waals surface area contributed by atoms with Crippen molar-refractivity contribution in [3.8, 4) is 11.5 Å². The lowest BCUT2D eigenvalue weighted by Crippen LogP contribution is -2.25. The van der Waals surface area contributed by atoms with E-state index in [0.29, 0.717) is 22.7 Å². The van der Waals surface area contributed by atoms with Crippen LogP contribution in [-0.2, 0) is 9.59 Å². The van der Waals surface area contributed by atoms with Gasteiger partial charge in [0.05, 0.1) is 5.69 Å². The monoisotopic (exact) mass is 360 g/mol. The molecule has 26 heavy (non-hydrogen) atoms. The van der Waals surface area contributed by atoms with Gasteiger partial charge in [-0.3, -0.25) is 9.59 Å². The number of carbonyl (C=O) groups excluding carboxylic acids is 2. The molecule has 2 amide bonds. The van der Waals surface area contributed by atoms with Gasteiger partial charge >= 0.3 is 6.61 Å². The molecule has 0 fully saturated rings. The smallest absolute Gasteiger partial charge is 0.387 e. The highest BCUT2D eigenvalue weighted by atomic mass is 19.3. The summed E-state index contributed by atoms with van der Waals surface area (Å²) < 4.78 is 33.7. The van der Waals surface area contributed by atoms with Gasteiger partial charge in [-0.15, -0.1) is 0 Å². The number of alkyl halides is 2. The molecular weight excluding hydrogens is 346 g/mol. The number of hydrogen-bond acceptors (Lipinski definition) is 4. The number of anilines is 2. The van der Waals surface area contributed by atoms with Crippen LogP contribution in [0, 0.1) is 0 Å². The third-order valence-electron chi connectivity index (χ3n) is 3.41. The van der Waals surface area contributed by atoms with Gasteiger partial charge in [0.15, 0.2) is 6.61 Å². The van der Waals surface area contributed by atoms with Crippen LogP contribution in [0.25, 0.3) is 6.08 Å². The molecule has 6 nitrogen and oxygen atoms in total. The number of rotatable bonds is 5. The lowest BCUT2D eigenvalue weighted by molar-refractivity contribution is -0.118. The highest BCUT2D eigenvalue weighted by Gasteiger charge is 2.16. The number of fused-ring (bicyclic) bond motifs is 1. The van der Waals surface area contributed by atoms with Crippen molar-refractivity contribution >= 4 is 29.3 Å². The van der Waals surface area contributed by atoms with Gasteiger partial charge in [0, 0.05) is 11.8 Å². The number of hydrogen-bond donors (Lipinski definition) is 2. The summed E-state index contributed by atoms with van der Waals surface area (Å²) in [5.41, 5.74) is 1.62. The second-order valence-electron chi connectivity index (χ2n) is 5.32. The van der Waals surface area contributed by atoms with Crippen LogP contribution in [0.4, 0.5) is 20.2 Å². The summed E-state index contributed by atoms with van der Waals surface area (Å²) in [4.78, 5) is 23.3. The number of ether oxygens (including phenoxy) is 2. The van der Waals surface area contributed by atoms with E-state index in [4.69, 9.17) is 4.74 Å². The molecule has 0 aromatic heterocycles. The molecule has 8 heteroatoms. The Kier molecular flexibility index (Phi) is 5.12. The van der Waals surface area contributed by atoms with E-state index >= 15 is 0 Å². The molecule has 0 radical (unpaired) electrons. The standard InChI is InChI=1S/C18H14F2N2O4/c19-18(20)26-13-5-1-11(2-6-13)3-8-16(23)21-12-4-7-15-14(9-12)22-17(24)10-25-15/h1-9,18H,10H2,(H,21,23)(H,22,24)/b8-3+. The Hall–Kier alpha value is -3.42. The predicted octanol–water partition coefficient (Wildman–Crippen LogP) is 3.27. The normalized spacial score (nSPS) is 13.1. The molecule has 1 aliphatic heterocycles. The summed E-state index contributed by atoms with van der Waals surface area (Å²) in [6.07, 6.45) is 2.84. The second kappa shape index (κ2) is 7.64. The molecule has 2 N–H and O–H groups in total. The molecule has 0 saturated carbocycles. The maximum atomic E-state index is 12.1. The lowest BCUT2D eigenvalue weighted by atomic mass is 10.2. The first-order chi connectivity index (χ1) is 12.5. The van der Waals surface area contributed by atoms with E-state index in [9.17, 15) is 18.4 Å². The predicted molar refractivity (Wildman–Crippen MR) is 91.3 cm³/mol. The van der Waals surface area contributed by atoms with Crippen LogP contribution in [0.15, 0.2) is 48.5 Å². The summed E-state index contributed by atoms with van der Waals surface area (Å²) in [5, 5.41) is 5.31. The number of amides is 2.